The van der Waals surface area contributed by atoms with E-state index in [1.165, 1.54) is 0 Å². The first-order valence-corrected chi connectivity index (χ1v) is 5.36. The molecule has 0 bridgehead atoms. The molecule has 0 N–H and O–H groups in total. The van der Waals surface area contributed by atoms with E-state index in [9.17, 15) is 0 Å². The predicted octanol–water partition coefficient (Wildman–Crippen LogP) is 4.31. The van der Waals surface area contributed by atoms with Crippen molar-refractivity contribution in [3.05, 3.63) is 36.4 Å². The molecule has 0 aliphatic rings. The predicted molar refractivity (Wildman–Crippen MR) is 73.3 cm³/mol. The number of isothiocyanates is 2. The second kappa shape index (κ2) is 4.88. The van der Waals surface area contributed by atoms with Crippen molar-refractivity contribution >= 4 is 56.9 Å². The lowest BCUT2D eigenvalue weighted by Gasteiger charge is -2.02. The molecule has 0 spiro atoms. The molecule has 0 radical (unpaired) electrons. The molecule has 0 aromatic heterocycles. The van der Waals surface area contributed by atoms with Crippen molar-refractivity contribution in [1.29, 1.82) is 0 Å². The van der Waals surface area contributed by atoms with Gasteiger partial charge in [-0.25, -0.2) is 0 Å². The average Bonchev–Trinajstić information content (AvgIpc) is 2.33. The second-order valence-electron chi connectivity index (χ2n) is 3.06. The van der Waals surface area contributed by atoms with Gasteiger partial charge in [0.2, 0.25) is 0 Å². The van der Waals surface area contributed by atoms with Gasteiger partial charge in [0.25, 0.3) is 0 Å². The zero-order valence-electron chi connectivity index (χ0n) is 8.18. The third-order valence-electron chi connectivity index (χ3n) is 2.21. The van der Waals surface area contributed by atoms with Crippen molar-refractivity contribution in [3.8, 4) is 0 Å². The van der Waals surface area contributed by atoms with Crippen LogP contribution in [0.4, 0.5) is 11.4 Å². The summed E-state index contributed by atoms with van der Waals surface area (Å²) in [7, 11) is 0. The summed E-state index contributed by atoms with van der Waals surface area (Å²) in [6, 6.07) is 11.5. The minimum Gasteiger partial charge on any atom is -0.194 e. The van der Waals surface area contributed by atoms with Crippen LogP contribution in [0.2, 0.25) is 0 Å². The van der Waals surface area contributed by atoms with E-state index in [2.05, 4.69) is 44.7 Å². The maximum Gasteiger partial charge on any atom is 0.0819 e. The maximum atomic E-state index is 4.61. The number of fused-ring (bicyclic) bond motifs is 1. The molecule has 2 rings (SSSR count). The smallest absolute Gasteiger partial charge is 0.0819 e. The fourth-order valence-corrected chi connectivity index (χ4v) is 1.76. The molecule has 2 aromatic carbocycles. The molecular weight excluding hydrogens is 236 g/mol. The third-order valence-corrected chi connectivity index (χ3v) is 2.39. The van der Waals surface area contributed by atoms with Crippen LogP contribution < -0.4 is 0 Å². The molecule has 0 fully saturated rings. The van der Waals surface area contributed by atoms with Gasteiger partial charge in [-0.15, -0.1) is 0 Å². The Bertz CT molecular complexity index is 580. The van der Waals surface area contributed by atoms with E-state index in [4.69, 9.17) is 0 Å². The zero-order valence-corrected chi connectivity index (χ0v) is 9.81. The summed E-state index contributed by atoms with van der Waals surface area (Å²) in [6.45, 7) is 0. The minimum absolute atomic E-state index is 0.786. The Morgan fingerprint density at radius 2 is 1.19 bits per heavy atom. The van der Waals surface area contributed by atoms with E-state index in [0.29, 0.717) is 0 Å². The highest BCUT2D eigenvalue weighted by atomic mass is 32.1. The molecule has 2 aromatic rings. The Morgan fingerprint density at radius 1 is 0.750 bits per heavy atom. The van der Waals surface area contributed by atoms with Crippen molar-refractivity contribution in [2.45, 2.75) is 0 Å². The molecule has 16 heavy (non-hydrogen) atoms. The standard InChI is InChI=1S/C12H6N2S2/c15-7-13-11-5-6-12(14-8-16)10-4-2-1-3-9(10)11/h1-6H. The van der Waals surface area contributed by atoms with Gasteiger partial charge in [-0.2, -0.15) is 9.98 Å². The van der Waals surface area contributed by atoms with Gasteiger partial charge in [-0.3, -0.25) is 0 Å². The van der Waals surface area contributed by atoms with Gasteiger partial charge >= 0.3 is 0 Å². The van der Waals surface area contributed by atoms with Gasteiger partial charge in [0.05, 0.1) is 21.7 Å². The van der Waals surface area contributed by atoms with Gasteiger partial charge in [0.1, 0.15) is 0 Å². The van der Waals surface area contributed by atoms with E-state index >= 15 is 0 Å². The summed E-state index contributed by atoms with van der Waals surface area (Å²) in [5, 5.41) is 6.69. The van der Waals surface area contributed by atoms with E-state index in [1.807, 2.05) is 36.4 Å². The summed E-state index contributed by atoms with van der Waals surface area (Å²) in [5.74, 6) is 0. The van der Waals surface area contributed by atoms with Crippen molar-refractivity contribution in [1.82, 2.24) is 0 Å². The van der Waals surface area contributed by atoms with Crippen molar-refractivity contribution in [3.63, 3.8) is 0 Å². The van der Waals surface area contributed by atoms with Crippen LogP contribution in [-0.4, -0.2) is 10.3 Å². The third kappa shape index (κ3) is 1.96. The van der Waals surface area contributed by atoms with E-state index in [0.717, 1.165) is 22.1 Å². The van der Waals surface area contributed by atoms with Gasteiger partial charge in [0.15, 0.2) is 0 Å². The number of rotatable bonds is 2. The summed E-state index contributed by atoms with van der Waals surface area (Å²) < 4.78 is 0. The van der Waals surface area contributed by atoms with Crippen LogP contribution in [0.5, 0.6) is 0 Å². The molecule has 0 atom stereocenters. The van der Waals surface area contributed by atoms with E-state index in [1.54, 1.807) is 0 Å². The molecule has 0 saturated carbocycles. The first-order valence-electron chi connectivity index (χ1n) is 4.54. The van der Waals surface area contributed by atoms with Gasteiger partial charge in [-0.05, 0) is 36.6 Å². The highest BCUT2D eigenvalue weighted by Gasteiger charge is 2.03. The lowest BCUT2D eigenvalue weighted by molar-refractivity contribution is 1.55. The first kappa shape index (κ1) is 10.8. The minimum atomic E-state index is 0.786. The fourth-order valence-electron chi connectivity index (χ4n) is 1.56. The van der Waals surface area contributed by atoms with Gasteiger partial charge < -0.3 is 0 Å². The van der Waals surface area contributed by atoms with Crippen molar-refractivity contribution < 1.29 is 0 Å². The Kier molecular flexibility index (Phi) is 3.30. The monoisotopic (exact) mass is 242 g/mol. The quantitative estimate of drug-likeness (QED) is 0.579. The molecule has 2 nitrogen and oxygen atoms in total. The van der Waals surface area contributed by atoms with E-state index < -0.39 is 0 Å². The Hall–Kier alpha value is -1.70. The number of nitrogens with zero attached hydrogens (tertiary/aromatic N) is 2. The molecule has 0 saturated heterocycles. The number of aliphatic imine (C=N–C) groups is 2. The Balaban J connectivity index is 2.86. The highest BCUT2D eigenvalue weighted by molar-refractivity contribution is 7.78. The zero-order chi connectivity index (χ0) is 11.4. The van der Waals surface area contributed by atoms with Crippen LogP contribution in [0.15, 0.2) is 46.4 Å². The summed E-state index contributed by atoms with van der Waals surface area (Å²) >= 11 is 9.22. The summed E-state index contributed by atoms with van der Waals surface area (Å²) in [6.07, 6.45) is 0. The number of hydrogen-bond donors (Lipinski definition) is 0. The van der Waals surface area contributed by atoms with E-state index in [-0.39, 0.29) is 0 Å². The fraction of sp³-hybridized carbons (Fsp3) is 0. The lowest BCUT2D eigenvalue weighted by Crippen LogP contribution is -1.74. The number of benzene rings is 2. The van der Waals surface area contributed by atoms with Crippen LogP contribution in [0, 0.1) is 0 Å². The molecule has 0 aliphatic heterocycles. The summed E-state index contributed by atoms with van der Waals surface area (Å²) in [4.78, 5) is 8.03. The summed E-state index contributed by atoms with van der Waals surface area (Å²) in [5.41, 5.74) is 1.57. The molecule has 76 valence electrons. The SMILES string of the molecule is S=C=Nc1ccc(N=C=S)c2ccccc12. The molecule has 0 unspecified atom stereocenters. The number of thiocarbonyl (C=S) groups is 2. The van der Waals surface area contributed by atoms with Crippen LogP contribution in [0.3, 0.4) is 0 Å². The molecular formula is C12H6N2S2. The van der Waals surface area contributed by atoms with Gasteiger partial charge in [-0.1, -0.05) is 24.3 Å². The Morgan fingerprint density at radius 3 is 1.56 bits per heavy atom. The van der Waals surface area contributed by atoms with Gasteiger partial charge in [0, 0.05) is 10.8 Å². The highest BCUT2D eigenvalue weighted by Crippen LogP contribution is 2.32. The molecule has 0 heterocycles. The Labute approximate surface area is 103 Å². The van der Waals surface area contributed by atoms with Crippen molar-refractivity contribution in [2.75, 3.05) is 0 Å². The second-order valence-corrected chi connectivity index (χ2v) is 3.42. The molecule has 0 amide bonds. The van der Waals surface area contributed by atoms with Crippen LogP contribution in [0.25, 0.3) is 10.8 Å². The first-order chi connectivity index (χ1) is 7.86. The van der Waals surface area contributed by atoms with Crippen molar-refractivity contribution in [2.24, 2.45) is 9.98 Å². The molecule has 0 aliphatic carbocycles. The normalized spacial score (nSPS) is 9.25. The van der Waals surface area contributed by atoms with Crippen LogP contribution in [-0.2, 0) is 0 Å². The van der Waals surface area contributed by atoms with Crippen LogP contribution in [0.1, 0.15) is 0 Å². The average molecular weight is 242 g/mol. The number of hydrogen-bond acceptors (Lipinski definition) is 4. The largest absolute Gasteiger partial charge is 0.194 e. The van der Waals surface area contributed by atoms with Crippen LogP contribution >= 0.6 is 24.4 Å². The molecule has 4 heteroatoms. The maximum absolute atomic E-state index is 4.61. The lowest BCUT2D eigenvalue weighted by atomic mass is 10.1. The topological polar surface area (TPSA) is 24.7 Å².